The van der Waals surface area contributed by atoms with Gasteiger partial charge in [0, 0.05) is 6.42 Å². The van der Waals surface area contributed by atoms with E-state index in [9.17, 15) is 5.11 Å². The Bertz CT molecular complexity index is 119. The highest BCUT2D eigenvalue weighted by atomic mass is 17.2. The Morgan fingerprint density at radius 2 is 1.86 bits per heavy atom. The normalized spacial score (nSPS) is 15.4. The second-order valence-electron chi connectivity index (χ2n) is 3.14. The Hall–Kier alpha value is -0.160. The van der Waals surface area contributed by atoms with Gasteiger partial charge in [-0.25, -0.2) is 9.78 Å². The third-order valence-corrected chi connectivity index (χ3v) is 1.65. The summed E-state index contributed by atoms with van der Waals surface area (Å²) in [5, 5.41) is 9.25. The van der Waals surface area contributed by atoms with Gasteiger partial charge >= 0.3 is 0 Å². The zero-order valence-corrected chi connectivity index (χ0v) is 9.36. The average molecular weight is 206 g/mol. The van der Waals surface area contributed by atoms with Crippen LogP contribution in [-0.2, 0) is 14.5 Å². The standard InChI is InChI=1S/C10H22O4/c1-4-7-10(13-9(11)6-3)14-12-8-5-2/h9-11H,4-8H2,1-3H3. The Morgan fingerprint density at radius 3 is 2.36 bits per heavy atom. The molecular weight excluding hydrogens is 184 g/mol. The predicted octanol–water partition coefficient (Wildman–Crippen LogP) is 2.22. The van der Waals surface area contributed by atoms with Crippen LogP contribution >= 0.6 is 0 Å². The van der Waals surface area contributed by atoms with Crippen molar-refractivity contribution in [1.29, 1.82) is 0 Å². The lowest BCUT2D eigenvalue weighted by molar-refractivity contribution is -0.397. The zero-order chi connectivity index (χ0) is 10.8. The first-order valence-electron chi connectivity index (χ1n) is 5.36. The van der Waals surface area contributed by atoms with E-state index in [-0.39, 0.29) is 0 Å². The summed E-state index contributed by atoms with van der Waals surface area (Å²) >= 11 is 0. The zero-order valence-electron chi connectivity index (χ0n) is 9.36. The topological polar surface area (TPSA) is 47.9 Å². The molecule has 0 aromatic heterocycles. The first kappa shape index (κ1) is 13.8. The van der Waals surface area contributed by atoms with Crippen LogP contribution in [0.3, 0.4) is 0 Å². The van der Waals surface area contributed by atoms with E-state index in [1.54, 1.807) is 0 Å². The highest BCUT2D eigenvalue weighted by Gasteiger charge is 2.13. The second-order valence-corrected chi connectivity index (χ2v) is 3.14. The number of aliphatic hydroxyl groups excluding tert-OH is 1. The maximum absolute atomic E-state index is 9.25. The number of hydrogen-bond donors (Lipinski definition) is 1. The molecule has 1 N–H and O–H groups in total. The molecule has 0 radical (unpaired) electrons. The van der Waals surface area contributed by atoms with Crippen LogP contribution in [0.4, 0.5) is 0 Å². The van der Waals surface area contributed by atoms with Gasteiger partial charge in [0.1, 0.15) is 0 Å². The molecular formula is C10H22O4. The highest BCUT2D eigenvalue weighted by Crippen LogP contribution is 2.08. The van der Waals surface area contributed by atoms with Crippen molar-refractivity contribution in [1.82, 2.24) is 0 Å². The number of ether oxygens (including phenoxy) is 1. The molecule has 0 rings (SSSR count). The minimum absolute atomic E-state index is 0.457. The molecule has 0 aromatic rings. The van der Waals surface area contributed by atoms with Gasteiger partial charge in [-0.05, 0) is 12.8 Å². The van der Waals surface area contributed by atoms with Crippen LogP contribution in [0.15, 0.2) is 0 Å². The fourth-order valence-corrected chi connectivity index (χ4v) is 0.853. The summed E-state index contributed by atoms with van der Waals surface area (Å²) in [5.74, 6) is 0. The number of aliphatic hydroxyl groups is 1. The summed E-state index contributed by atoms with van der Waals surface area (Å²) in [5.41, 5.74) is 0. The lowest BCUT2D eigenvalue weighted by atomic mass is 10.3. The van der Waals surface area contributed by atoms with Crippen molar-refractivity contribution in [3.63, 3.8) is 0 Å². The van der Waals surface area contributed by atoms with Crippen molar-refractivity contribution in [2.45, 2.75) is 59.0 Å². The molecule has 0 saturated carbocycles. The average Bonchev–Trinajstić information content (AvgIpc) is 2.18. The van der Waals surface area contributed by atoms with E-state index in [0.29, 0.717) is 13.0 Å². The van der Waals surface area contributed by atoms with Crippen LogP contribution in [0, 0.1) is 0 Å². The summed E-state index contributed by atoms with van der Waals surface area (Å²) in [7, 11) is 0. The van der Waals surface area contributed by atoms with Gasteiger partial charge in [0.2, 0.25) is 0 Å². The van der Waals surface area contributed by atoms with Crippen molar-refractivity contribution in [3.8, 4) is 0 Å². The molecule has 0 aromatic carbocycles. The van der Waals surface area contributed by atoms with Crippen molar-refractivity contribution in [3.05, 3.63) is 0 Å². The summed E-state index contributed by atoms with van der Waals surface area (Å²) in [4.78, 5) is 9.92. The Balaban J connectivity index is 3.65. The molecule has 4 nitrogen and oxygen atoms in total. The molecule has 0 aliphatic rings. The molecule has 0 aliphatic carbocycles. The second kappa shape index (κ2) is 9.40. The van der Waals surface area contributed by atoms with Crippen LogP contribution < -0.4 is 0 Å². The van der Waals surface area contributed by atoms with Gasteiger partial charge in [-0.3, -0.25) is 0 Å². The third-order valence-electron chi connectivity index (χ3n) is 1.65. The van der Waals surface area contributed by atoms with Gasteiger partial charge in [-0.1, -0.05) is 27.2 Å². The molecule has 86 valence electrons. The molecule has 0 saturated heterocycles. The van der Waals surface area contributed by atoms with Gasteiger partial charge < -0.3 is 9.84 Å². The highest BCUT2D eigenvalue weighted by molar-refractivity contribution is 4.43. The number of rotatable bonds is 9. The minimum Gasteiger partial charge on any atom is -0.368 e. The lowest BCUT2D eigenvalue weighted by Crippen LogP contribution is -2.24. The Kier molecular flexibility index (Phi) is 9.29. The van der Waals surface area contributed by atoms with Crippen LogP contribution in [0.25, 0.3) is 0 Å². The maximum Gasteiger partial charge on any atom is 0.194 e. The molecule has 0 bridgehead atoms. The third kappa shape index (κ3) is 7.26. The van der Waals surface area contributed by atoms with E-state index in [1.165, 1.54) is 0 Å². The molecule has 0 fully saturated rings. The van der Waals surface area contributed by atoms with E-state index in [0.717, 1.165) is 19.3 Å². The number of hydrogen-bond acceptors (Lipinski definition) is 4. The first-order chi connectivity index (χ1) is 6.74. The van der Waals surface area contributed by atoms with Crippen LogP contribution in [-0.4, -0.2) is 24.3 Å². The largest absolute Gasteiger partial charge is 0.368 e. The Morgan fingerprint density at radius 1 is 1.14 bits per heavy atom. The predicted molar refractivity (Wildman–Crippen MR) is 53.4 cm³/mol. The fraction of sp³-hybridized carbons (Fsp3) is 1.00. The van der Waals surface area contributed by atoms with Gasteiger partial charge in [-0.2, -0.15) is 0 Å². The van der Waals surface area contributed by atoms with Crippen molar-refractivity contribution >= 4 is 0 Å². The van der Waals surface area contributed by atoms with E-state index < -0.39 is 12.6 Å². The van der Waals surface area contributed by atoms with Gasteiger partial charge in [-0.15, -0.1) is 0 Å². The van der Waals surface area contributed by atoms with E-state index in [4.69, 9.17) is 14.5 Å². The minimum atomic E-state index is -0.767. The molecule has 0 spiro atoms. The molecule has 0 heterocycles. The molecule has 4 heteroatoms. The van der Waals surface area contributed by atoms with E-state index in [2.05, 4.69) is 0 Å². The van der Waals surface area contributed by atoms with Crippen LogP contribution in [0.5, 0.6) is 0 Å². The fourth-order valence-electron chi connectivity index (χ4n) is 0.853. The SMILES string of the molecule is CCCOOC(CCC)OC(O)CC. The Labute approximate surface area is 86.1 Å². The maximum atomic E-state index is 9.25. The van der Waals surface area contributed by atoms with Crippen LogP contribution in [0.1, 0.15) is 46.5 Å². The molecule has 0 aliphatic heterocycles. The molecule has 2 unspecified atom stereocenters. The van der Waals surface area contributed by atoms with Gasteiger partial charge in [0.05, 0.1) is 6.61 Å². The first-order valence-corrected chi connectivity index (χ1v) is 5.36. The summed E-state index contributed by atoms with van der Waals surface area (Å²) in [6.07, 6.45) is 1.88. The van der Waals surface area contributed by atoms with Gasteiger partial charge in [0.15, 0.2) is 12.6 Å². The lowest BCUT2D eigenvalue weighted by Gasteiger charge is -2.19. The van der Waals surface area contributed by atoms with Crippen molar-refractivity contribution in [2.24, 2.45) is 0 Å². The van der Waals surface area contributed by atoms with E-state index in [1.807, 2.05) is 20.8 Å². The van der Waals surface area contributed by atoms with Gasteiger partial charge in [0.25, 0.3) is 0 Å². The van der Waals surface area contributed by atoms with Crippen molar-refractivity contribution in [2.75, 3.05) is 6.61 Å². The molecule has 2 atom stereocenters. The molecule has 0 amide bonds. The van der Waals surface area contributed by atoms with E-state index >= 15 is 0 Å². The quantitative estimate of drug-likeness (QED) is 0.272. The van der Waals surface area contributed by atoms with Crippen molar-refractivity contribution < 1.29 is 19.6 Å². The smallest absolute Gasteiger partial charge is 0.194 e. The monoisotopic (exact) mass is 206 g/mol. The summed E-state index contributed by atoms with van der Waals surface area (Å²) in [6.45, 7) is 6.42. The molecule has 14 heavy (non-hydrogen) atoms. The summed E-state index contributed by atoms with van der Waals surface area (Å²) in [6, 6.07) is 0. The van der Waals surface area contributed by atoms with Crippen LogP contribution in [0.2, 0.25) is 0 Å². The summed E-state index contributed by atoms with van der Waals surface area (Å²) < 4.78 is 5.19.